The van der Waals surface area contributed by atoms with Crippen molar-refractivity contribution in [2.45, 2.75) is 45.1 Å². The lowest BCUT2D eigenvalue weighted by atomic mass is 10.0. The molecule has 2 heteroatoms. The molecule has 0 aromatic rings. The number of rotatable bonds is 6. The van der Waals surface area contributed by atoms with Crippen LogP contribution in [0.1, 0.15) is 39.5 Å². The van der Waals surface area contributed by atoms with E-state index in [1.54, 1.807) is 0 Å². The normalized spacial score (nSPS) is 22.2. The van der Waals surface area contributed by atoms with Crippen molar-refractivity contribution in [1.29, 1.82) is 0 Å². The van der Waals surface area contributed by atoms with Crippen LogP contribution in [0.2, 0.25) is 0 Å². The Kier molecular flexibility index (Phi) is 3.53. The molecule has 2 nitrogen and oxygen atoms in total. The van der Waals surface area contributed by atoms with Gasteiger partial charge in [-0.3, -0.25) is 0 Å². The van der Waals surface area contributed by atoms with Gasteiger partial charge in [0.2, 0.25) is 0 Å². The highest BCUT2D eigenvalue weighted by Gasteiger charge is 2.23. The molecule has 0 amide bonds. The molecule has 1 atom stereocenters. The molecule has 0 bridgehead atoms. The van der Waals surface area contributed by atoms with E-state index in [9.17, 15) is 0 Å². The van der Waals surface area contributed by atoms with Crippen molar-refractivity contribution in [3.05, 3.63) is 0 Å². The molecule has 1 fully saturated rings. The Balaban J connectivity index is 2.08. The minimum Gasteiger partial charge on any atom is -0.394 e. The highest BCUT2D eigenvalue weighted by atomic mass is 16.3. The van der Waals surface area contributed by atoms with Crippen molar-refractivity contribution >= 4 is 0 Å². The first kappa shape index (κ1) is 10.0. The van der Waals surface area contributed by atoms with Gasteiger partial charge in [0.1, 0.15) is 0 Å². The first-order valence-corrected chi connectivity index (χ1v) is 5.06. The molecule has 0 heterocycles. The largest absolute Gasteiger partial charge is 0.394 e. The van der Waals surface area contributed by atoms with E-state index in [0.717, 1.165) is 18.9 Å². The lowest BCUT2D eigenvalue weighted by molar-refractivity contribution is 0.169. The maximum Gasteiger partial charge on any atom is 0.0610 e. The van der Waals surface area contributed by atoms with Gasteiger partial charge in [-0.05, 0) is 32.2 Å². The van der Waals surface area contributed by atoms with E-state index in [0.29, 0.717) is 0 Å². The predicted molar refractivity (Wildman–Crippen MR) is 51.1 cm³/mol. The number of nitrogens with one attached hydrogen (secondary N) is 1. The van der Waals surface area contributed by atoms with Gasteiger partial charge in [0.25, 0.3) is 0 Å². The van der Waals surface area contributed by atoms with Gasteiger partial charge in [-0.1, -0.05) is 19.8 Å². The van der Waals surface area contributed by atoms with Gasteiger partial charge in [0.05, 0.1) is 6.61 Å². The third kappa shape index (κ3) is 3.11. The minimum atomic E-state index is -0.0467. The summed E-state index contributed by atoms with van der Waals surface area (Å²) in [5.74, 6) is 0.984. The van der Waals surface area contributed by atoms with Crippen LogP contribution in [0.5, 0.6) is 0 Å². The summed E-state index contributed by atoms with van der Waals surface area (Å²) in [7, 11) is 0. The Labute approximate surface area is 75.4 Å². The van der Waals surface area contributed by atoms with Gasteiger partial charge >= 0.3 is 0 Å². The molecular formula is C10H21NO. The van der Waals surface area contributed by atoms with Crippen molar-refractivity contribution in [2.24, 2.45) is 5.92 Å². The second-order valence-corrected chi connectivity index (χ2v) is 4.23. The van der Waals surface area contributed by atoms with E-state index >= 15 is 0 Å². The van der Waals surface area contributed by atoms with Crippen LogP contribution in [-0.4, -0.2) is 23.8 Å². The Hall–Kier alpha value is -0.0800. The van der Waals surface area contributed by atoms with Crippen LogP contribution in [0.3, 0.4) is 0 Å². The van der Waals surface area contributed by atoms with E-state index < -0.39 is 0 Å². The fourth-order valence-electron chi connectivity index (χ4n) is 1.28. The summed E-state index contributed by atoms with van der Waals surface area (Å²) in [6.45, 7) is 5.50. The summed E-state index contributed by atoms with van der Waals surface area (Å²) in [6.07, 6.45) is 5.12. The maximum absolute atomic E-state index is 9.10. The Bertz CT molecular complexity index is 128. The molecule has 0 aromatic heterocycles. The monoisotopic (exact) mass is 171 g/mol. The number of hydrogen-bond donors (Lipinski definition) is 2. The molecular weight excluding hydrogens is 150 g/mol. The molecule has 1 rings (SSSR count). The van der Waals surface area contributed by atoms with Gasteiger partial charge in [0.15, 0.2) is 0 Å². The summed E-state index contributed by atoms with van der Waals surface area (Å²) >= 11 is 0. The summed E-state index contributed by atoms with van der Waals surface area (Å²) in [5.41, 5.74) is -0.0467. The third-order valence-electron chi connectivity index (χ3n) is 2.93. The van der Waals surface area contributed by atoms with E-state index in [1.807, 2.05) is 0 Å². The molecule has 0 aromatic carbocycles. The molecule has 2 N–H and O–H groups in total. The Morgan fingerprint density at radius 1 is 1.50 bits per heavy atom. The quantitative estimate of drug-likeness (QED) is 0.635. The molecule has 1 aliphatic carbocycles. The Morgan fingerprint density at radius 2 is 2.17 bits per heavy atom. The molecule has 12 heavy (non-hydrogen) atoms. The third-order valence-corrected chi connectivity index (χ3v) is 2.93. The van der Waals surface area contributed by atoms with Gasteiger partial charge in [0, 0.05) is 5.54 Å². The van der Waals surface area contributed by atoms with Gasteiger partial charge in [-0.15, -0.1) is 0 Å². The fourth-order valence-corrected chi connectivity index (χ4v) is 1.28. The number of hydrogen-bond acceptors (Lipinski definition) is 2. The molecule has 0 aliphatic heterocycles. The van der Waals surface area contributed by atoms with Gasteiger partial charge in [-0.25, -0.2) is 0 Å². The van der Waals surface area contributed by atoms with Gasteiger partial charge < -0.3 is 10.4 Å². The first-order valence-electron chi connectivity index (χ1n) is 5.06. The van der Waals surface area contributed by atoms with E-state index in [-0.39, 0.29) is 12.1 Å². The summed E-state index contributed by atoms with van der Waals surface area (Å²) in [6, 6.07) is 0. The second-order valence-electron chi connectivity index (χ2n) is 4.23. The summed E-state index contributed by atoms with van der Waals surface area (Å²) in [4.78, 5) is 0. The smallest absolute Gasteiger partial charge is 0.0610 e. The molecule has 1 unspecified atom stereocenters. The van der Waals surface area contributed by atoms with E-state index in [2.05, 4.69) is 19.2 Å². The van der Waals surface area contributed by atoms with Crippen molar-refractivity contribution in [1.82, 2.24) is 5.32 Å². The van der Waals surface area contributed by atoms with Crippen molar-refractivity contribution in [2.75, 3.05) is 13.2 Å². The zero-order chi connectivity index (χ0) is 9.03. The fraction of sp³-hybridized carbons (Fsp3) is 1.00. The Morgan fingerprint density at radius 3 is 2.58 bits per heavy atom. The van der Waals surface area contributed by atoms with Crippen LogP contribution in [0.4, 0.5) is 0 Å². The van der Waals surface area contributed by atoms with Crippen LogP contribution in [-0.2, 0) is 0 Å². The lowest BCUT2D eigenvalue weighted by Crippen LogP contribution is -2.45. The summed E-state index contributed by atoms with van der Waals surface area (Å²) < 4.78 is 0. The molecule has 0 spiro atoms. The van der Waals surface area contributed by atoms with E-state index in [4.69, 9.17) is 5.11 Å². The molecule has 0 saturated heterocycles. The second kappa shape index (κ2) is 4.24. The minimum absolute atomic E-state index is 0.0467. The highest BCUT2D eigenvalue weighted by Crippen LogP contribution is 2.31. The molecule has 0 radical (unpaired) electrons. The van der Waals surface area contributed by atoms with Gasteiger partial charge in [-0.2, -0.15) is 0 Å². The highest BCUT2D eigenvalue weighted by molar-refractivity contribution is 4.82. The van der Waals surface area contributed by atoms with E-state index in [1.165, 1.54) is 19.3 Å². The van der Waals surface area contributed by atoms with Crippen molar-refractivity contribution in [3.8, 4) is 0 Å². The maximum atomic E-state index is 9.10. The van der Waals surface area contributed by atoms with Crippen LogP contribution in [0.15, 0.2) is 0 Å². The standard InChI is InChI=1S/C10H21NO/c1-3-10(2,8-12)11-7-6-9-4-5-9/h9,11-12H,3-8H2,1-2H3. The van der Waals surface area contributed by atoms with Crippen LogP contribution < -0.4 is 5.32 Å². The topological polar surface area (TPSA) is 32.3 Å². The first-order chi connectivity index (χ1) is 5.70. The van der Waals surface area contributed by atoms with Crippen LogP contribution >= 0.6 is 0 Å². The number of aliphatic hydroxyl groups is 1. The number of aliphatic hydroxyl groups excluding tert-OH is 1. The predicted octanol–water partition coefficient (Wildman–Crippen LogP) is 1.54. The molecule has 72 valence electrons. The zero-order valence-electron chi connectivity index (χ0n) is 8.27. The van der Waals surface area contributed by atoms with Crippen LogP contribution in [0, 0.1) is 5.92 Å². The molecule has 1 aliphatic rings. The lowest BCUT2D eigenvalue weighted by Gasteiger charge is -2.27. The average molecular weight is 171 g/mol. The van der Waals surface area contributed by atoms with Crippen molar-refractivity contribution in [3.63, 3.8) is 0 Å². The zero-order valence-corrected chi connectivity index (χ0v) is 8.27. The van der Waals surface area contributed by atoms with Crippen LogP contribution in [0.25, 0.3) is 0 Å². The molecule has 1 saturated carbocycles. The summed E-state index contributed by atoms with van der Waals surface area (Å²) in [5, 5.41) is 12.5. The SMILES string of the molecule is CCC(C)(CO)NCCC1CC1. The average Bonchev–Trinajstić information content (AvgIpc) is 2.88. The van der Waals surface area contributed by atoms with Crippen molar-refractivity contribution < 1.29 is 5.11 Å².